The summed E-state index contributed by atoms with van der Waals surface area (Å²) in [4.78, 5) is 0. The van der Waals surface area contributed by atoms with Crippen LogP contribution in [0, 0.1) is 0 Å². The van der Waals surface area contributed by atoms with Crippen LogP contribution < -0.4 is 14.8 Å². The zero-order chi connectivity index (χ0) is 12.8. The van der Waals surface area contributed by atoms with Gasteiger partial charge in [0.15, 0.2) is 11.5 Å². The van der Waals surface area contributed by atoms with Crippen LogP contribution >= 0.6 is 0 Å². The number of ether oxygens (including phenoxy) is 2. The first kappa shape index (κ1) is 13.0. The maximum Gasteiger partial charge on any atom is 0.161 e. The van der Waals surface area contributed by atoms with Crippen molar-refractivity contribution in [3.8, 4) is 11.5 Å². The van der Waals surface area contributed by atoms with Gasteiger partial charge >= 0.3 is 0 Å². The average Bonchev–Trinajstić information content (AvgIpc) is 2.91. The molecule has 98 valence electrons. The van der Waals surface area contributed by atoms with E-state index < -0.39 is 0 Å². The summed E-state index contributed by atoms with van der Waals surface area (Å²) >= 11 is 0. The number of methoxy groups -OCH3 is 1. The summed E-state index contributed by atoms with van der Waals surface area (Å²) in [5.41, 5.74) is 1.22. The van der Waals surface area contributed by atoms with Gasteiger partial charge in [-0.25, -0.2) is 0 Å². The summed E-state index contributed by atoms with van der Waals surface area (Å²) in [5, 5.41) is 3.54. The molecular formula is C15H21NO2. The van der Waals surface area contributed by atoms with E-state index >= 15 is 0 Å². The lowest BCUT2D eigenvalue weighted by atomic mass is 10.1. The number of hydrogen-bond donors (Lipinski definition) is 1. The van der Waals surface area contributed by atoms with E-state index in [1.165, 1.54) is 5.56 Å². The van der Waals surface area contributed by atoms with E-state index in [0.29, 0.717) is 12.6 Å². The topological polar surface area (TPSA) is 30.5 Å². The largest absolute Gasteiger partial charge is 0.493 e. The maximum absolute atomic E-state index is 5.51. The molecule has 0 saturated heterocycles. The number of benzene rings is 1. The van der Waals surface area contributed by atoms with Crippen molar-refractivity contribution in [2.45, 2.75) is 32.4 Å². The van der Waals surface area contributed by atoms with Crippen molar-refractivity contribution in [1.82, 2.24) is 5.32 Å². The molecule has 0 heterocycles. The Labute approximate surface area is 109 Å². The molecule has 1 N–H and O–H groups in total. The predicted molar refractivity (Wildman–Crippen MR) is 73.2 cm³/mol. The van der Waals surface area contributed by atoms with E-state index in [0.717, 1.165) is 30.9 Å². The molecule has 0 saturated carbocycles. The van der Waals surface area contributed by atoms with Gasteiger partial charge in [-0.05, 0) is 37.5 Å². The molecule has 0 atom stereocenters. The van der Waals surface area contributed by atoms with Crippen LogP contribution in [0.1, 0.15) is 25.3 Å². The van der Waals surface area contributed by atoms with Crippen LogP contribution in [0.15, 0.2) is 30.4 Å². The zero-order valence-corrected chi connectivity index (χ0v) is 11.1. The monoisotopic (exact) mass is 247 g/mol. The molecule has 0 radical (unpaired) electrons. The van der Waals surface area contributed by atoms with E-state index in [-0.39, 0.29) is 0 Å². The van der Waals surface area contributed by atoms with E-state index in [1.54, 1.807) is 7.11 Å². The summed E-state index contributed by atoms with van der Waals surface area (Å²) in [7, 11) is 1.68. The Kier molecular flexibility index (Phi) is 4.65. The molecule has 2 rings (SSSR count). The lowest BCUT2D eigenvalue weighted by Gasteiger charge is -2.14. The minimum absolute atomic E-state index is 0.586. The molecule has 1 aromatic carbocycles. The molecule has 18 heavy (non-hydrogen) atoms. The van der Waals surface area contributed by atoms with Crippen LogP contribution in [0.3, 0.4) is 0 Å². The summed E-state index contributed by atoms with van der Waals surface area (Å²) < 4.78 is 10.9. The Morgan fingerprint density at radius 3 is 2.67 bits per heavy atom. The number of hydrogen-bond acceptors (Lipinski definition) is 3. The predicted octanol–water partition coefficient (Wildman–Crippen LogP) is 2.90. The molecule has 0 amide bonds. The summed E-state index contributed by atoms with van der Waals surface area (Å²) in [5.74, 6) is 1.62. The highest BCUT2D eigenvalue weighted by Gasteiger charge is 2.10. The van der Waals surface area contributed by atoms with Crippen LogP contribution in [0.5, 0.6) is 11.5 Å². The molecule has 3 nitrogen and oxygen atoms in total. The van der Waals surface area contributed by atoms with Gasteiger partial charge in [0.05, 0.1) is 13.7 Å². The van der Waals surface area contributed by atoms with Crippen molar-refractivity contribution in [3.05, 3.63) is 35.9 Å². The lowest BCUT2D eigenvalue weighted by Crippen LogP contribution is -2.25. The maximum atomic E-state index is 5.51. The molecule has 1 aromatic rings. The van der Waals surface area contributed by atoms with E-state index in [2.05, 4.69) is 23.5 Å². The minimum atomic E-state index is 0.586. The van der Waals surface area contributed by atoms with Gasteiger partial charge in [-0.1, -0.05) is 18.2 Å². The number of rotatable bonds is 6. The lowest BCUT2D eigenvalue weighted by molar-refractivity contribution is 0.310. The minimum Gasteiger partial charge on any atom is -0.493 e. The van der Waals surface area contributed by atoms with Crippen LogP contribution in [-0.4, -0.2) is 19.8 Å². The Balaban J connectivity index is 1.95. The Morgan fingerprint density at radius 2 is 2.00 bits per heavy atom. The van der Waals surface area contributed by atoms with Gasteiger partial charge in [0.2, 0.25) is 0 Å². The molecule has 3 heteroatoms. The highest BCUT2D eigenvalue weighted by molar-refractivity contribution is 5.42. The van der Waals surface area contributed by atoms with Crippen molar-refractivity contribution < 1.29 is 9.47 Å². The van der Waals surface area contributed by atoms with Crippen molar-refractivity contribution in [2.24, 2.45) is 0 Å². The second-order valence-corrected chi connectivity index (χ2v) is 4.44. The van der Waals surface area contributed by atoms with Crippen LogP contribution in [-0.2, 0) is 6.54 Å². The SMILES string of the molecule is CCOc1ccc(CNC2CC=CC2)cc1OC. The van der Waals surface area contributed by atoms with E-state index in [4.69, 9.17) is 9.47 Å². The fraction of sp³-hybridized carbons (Fsp3) is 0.467. The highest BCUT2D eigenvalue weighted by atomic mass is 16.5. The first-order chi connectivity index (χ1) is 8.83. The normalized spacial score (nSPS) is 15.0. The first-order valence-electron chi connectivity index (χ1n) is 6.51. The van der Waals surface area contributed by atoms with Crippen LogP contribution in [0.2, 0.25) is 0 Å². The summed E-state index contributed by atoms with van der Waals surface area (Å²) in [6.07, 6.45) is 6.73. The molecule has 0 bridgehead atoms. The van der Waals surface area contributed by atoms with E-state index in [1.807, 2.05) is 19.1 Å². The smallest absolute Gasteiger partial charge is 0.161 e. The molecule has 0 unspecified atom stereocenters. The molecule has 0 spiro atoms. The van der Waals surface area contributed by atoms with Crippen molar-refractivity contribution in [3.63, 3.8) is 0 Å². The van der Waals surface area contributed by atoms with E-state index in [9.17, 15) is 0 Å². The van der Waals surface area contributed by atoms with Crippen molar-refractivity contribution in [2.75, 3.05) is 13.7 Å². The molecule has 0 fully saturated rings. The van der Waals surface area contributed by atoms with Gasteiger partial charge in [0.1, 0.15) is 0 Å². The first-order valence-corrected chi connectivity index (χ1v) is 6.51. The Morgan fingerprint density at radius 1 is 1.22 bits per heavy atom. The van der Waals surface area contributed by atoms with Gasteiger partial charge in [-0.2, -0.15) is 0 Å². The molecule has 0 aromatic heterocycles. The van der Waals surface area contributed by atoms with Gasteiger partial charge in [-0.15, -0.1) is 0 Å². The third-order valence-electron chi connectivity index (χ3n) is 3.13. The van der Waals surface area contributed by atoms with Gasteiger partial charge < -0.3 is 14.8 Å². The summed E-state index contributed by atoms with van der Waals surface area (Å²) in [6.45, 7) is 3.50. The second-order valence-electron chi connectivity index (χ2n) is 4.44. The van der Waals surface area contributed by atoms with Gasteiger partial charge in [0, 0.05) is 12.6 Å². The van der Waals surface area contributed by atoms with Gasteiger partial charge in [0.25, 0.3) is 0 Å². The highest BCUT2D eigenvalue weighted by Crippen LogP contribution is 2.28. The van der Waals surface area contributed by atoms with Crippen LogP contribution in [0.4, 0.5) is 0 Å². The molecular weight excluding hydrogens is 226 g/mol. The third kappa shape index (κ3) is 3.26. The molecule has 1 aliphatic rings. The standard InChI is InChI=1S/C15H21NO2/c1-3-18-14-9-8-12(10-15(14)17-2)11-16-13-6-4-5-7-13/h4-5,8-10,13,16H,3,6-7,11H2,1-2H3. The number of nitrogens with one attached hydrogen (secondary N) is 1. The quantitative estimate of drug-likeness (QED) is 0.784. The second kappa shape index (κ2) is 6.45. The zero-order valence-electron chi connectivity index (χ0n) is 11.1. The fourth-order valence-electron chi connectivity index (χ4n) is 2.14. The fourth-order valence-corrected chi connectivity index (χ4v) is 2.14. The Hall–Kier alpha value is -1.48. The molecule has 0 aliphatic heterocycles. The average molecular weight is 247 g/mol. The van der Waals surface area contributed by atoms with Crippen LogP contribution in [0.25, 0.3) is 0 Å². The Bertz CT molecular complexity index is 407. The molecule has 1 aliphatic carbocycles. The van der Waals surface area contributed by atoms with Crippen molar-refractivity contribution in [1.29, 1.82) is 0 Å². The van der Waals surface area contributed by atoms with Gasteiger partial charge in [-0.3, -0.25) is 0 Å². The summed E-state index contributed by atoms with van der Waals surface area (Å²) in [6, 6.07) is 6.69. The van der Waals surface area contributed by atoms with Crippen molar-refractivity contribution >= 4 is 0 Å². The third-order valence-corrected chi connectivity index (χ3v) is 3.13.